The fourth-order valence-corrected chi connectivity index (χ4v) is 4.71. The van der Waals surface area contributed by atoms with E-state index in [0.717, 1.165) is 10.4 Å². The fraction of sp³-hybridized carbons (Fsp3) is 0.227. The predicted molar refractivity (Wildman–Crippen MR) is 120 cm³/mol. The van der Waals surface area contributed by atoms with E-state index in [2.05, 4.69) is 10.0 Å². The summed E-state index contributed by atoms with van der Waals surface area (Å²) in [6.07, 6.45) is 0.590. The summed E-state index contributed by atoms with van der Waals surface area (Å²) in [5.74, 6) is 0.927. The zero-order valence-electron chi connectivity index (χ0n) is 17.3. The molecule has 0 saturated carbocycles. The van der Waals surface area contributed by atoms with E-state index < -0.39 is 10.0 Å². The summed E-state index contributed by atoms with van der Waals surface area (Å²) in [4.78, 5) is 13.5. The van der Waals surface area contributed by atoms with E-state index in [-0.39, 0.29) is 22.9 Å². The monoisotopic (exact) mass is 460 g/mol. The van der Waals surface area contributed by atoms with Crippen molar-refractivity contribution in [2.75, 3.05) is 20.8 Å². The Kier molecular flexibility index (Phi) is 7.67. The zero-order chi connectivity index (χ0) is 22.3. The zero-order valence-corrected chi connectivity index (χ0v) is 18.9. The summed E-state index contributed by atoms with van der Waals surface area (Å²) in [5.41, 5.74) is 1.26. The maximum absolute atomic E-state index is 12.6. The third-order valence-electron chi connectivity index (χ3n) is 4.57. The van der Waals surface area contributed by atoms with Gasteiger partial charge in [-0.2, -0.15) is 0 Å². The molecular weight excluding hydrogens is 436 g/mol. The highest BCUT2D eigenvalue weighted by Gasteiger charge is 2.16. The molecular formula is C22H24N2O5S2. The summed E-state index contributed by atoms with van der Waals surface area (Å²) in [5, 5.41) is 4.71. The molecule has 0 aliphatic rings. The van der Waals surface area contributed by atoms with Crippen molar-refractivity contribution in [2.45, 2.75) is 17.9 Å². The van der Waals surface area contributed by atoms with Crippen LogP contribution in [0.15, 0.2) is 64.9 Å². The van der Waals surface area contributed by atoms with E-state index in [4.69, 9.17) is 9.47 Å². The first-order valence-electron chi connectivity index (χ1n) is 9.54. The molecule has 1 amide bonds. The number of amides is 1. The summed E-state index contributed by atoms with van der Waals surface area (Å²) in [6.45, 7) is 0.601. The minimum absolute atomic E-state index is 0.0524. The molecule has 0 atom stereocenters. The largest absolute Gasteiger partial charge is 0.493 e. The van der Waals surface area contributed by atoms with Crippen LogP contribution < -0.4 is 19.5 Å². The van der Waals surface area contributed by atoms with Crippen molar-refractivity contribution < 1.29 is 22.7 Å². The number of carbonyl (C=O) groups is 1. The lowest BCUT2D eigenvalue weighted by Crippen LogP contribution is -2.27. The van der Waals surface area contributed by atoms with Crippen LogP contribution >= 0.6 is 11.3 Å². The van der Waals surface area contributed by atoms with Gasteiger partial charge in [0.1, 0.15) is 0 Å². The summed E-state index contributed by atoms with van der Waals surface area (Å²) in [7, 11) is -0.577. The van der Waals surface area contributed by atoms with Crippen molar-refractivity contribution in [1.29, 1.82) is 0 Å². The third-order valence-corrected chi connectivity index (χ3v) is 6.85. The highest BCUT2D eigenvalue weighted by Crippen LogP contribution is 2.27. The number of methoxy groups -OCH3 is 2. The highest BCUT2D eigenvalue weighted by atomic mass is 32.2. The summed E-state index contributed by atoms with van der Waals surface area (Å²) in [6, 6.07) is 15.3. The Morgan fingerprint density at radius 1 is 1.00 bits per heavy atom. The fourth-order valence-electron chi connectivity index (χ4n) is 2.93. The number of ether oxygens (including phenoxy) is 2. The van der Waals surface area contributed by atoms with Crippen LogP contribution in [0, 0.1) is 0 Å². The number of hydrogen-bond donors (Lipinski definition) is 2. The van der Waals surface area contributed by atoms with Crippen molar-refractivity contribution >= 4 is 27.3 Å². The Labute approximate surface area is 186 Å². The van der Waals surface area contributed by atoms with Gasteiger partial charge in [0.05, 0.1) is 19.1 Å². The van der Waals surface area contributed by atoms with Crippen LogP contribution in [0.1, 0.15) is 20.8 Å². The van der Waals surface area contributed by atoms with E-state index in [1.165, 1.54) is 23.5 Å². The van der Waals surface area contributed by atoms with Crippen LogP contribution in [0.4, 0.5) is 0 Å². The van der Waals surface area contributed by atoms with Gasteiger partial charge in [-0.15, -0.1) is 11.3 Å². The first kappa shape index (κ1) is 22.8. The Hall–Kier alpha value is -2.88. The number of carbonyl (C=O) groups excluding carboxylic acids is 1. The molecule has 0 spiro atoms. The molecule has 3 aromatic rings. The van der Waals surface area contributed by atoms with Gasteiger partial charge in [0.15, 0.2) is 11.5 Å². The molecule has 1 aromatic heterocycles. The smallest absolute Gasteiger partial charge is 0.251 e. The number of benzene rings is 2. The molecule has 0 radical (unpaired) electrons. The molecule has 7 nitrogen and oxygen atoms in total. The Bertz CT molecular complexity index is 1130. The van der Waals surface area contributed by atoms with Gasteiger partial charge in [0.2, 0.25) is 10.0 Å². The van der Waals surface area contributed by atoms with Gasteiger partial charge in [-0.25, -0.2) is 13.1 Å². The first-order chi connectivity index (χ1) is 14.9. The maximum atomic E-state index is 12.6. The molecule has 31 heavy (non-hydrogen) atoms. The quantitative estimate of drug-likeness (QED) is 0.485. The lowest BCUT2D eigenvalue weighted by Gasteiger charge is -2.11. The molecule has 0 bridgehead atoms. The van der Waals surface area contributed by atoms with Gasteiger partial charge in [0.25, 0.3) is 5.91 Å². The molecule has 9 heteroatoms. The van der Waals surface area contributed by atoms with Crippen molar-refractivity contribution in [3.05, 3.63) is 76.0 Å². The Morgan fingerprint density at radius 2 is 1.81 bits per heavy atom. The molecule has 2 N–H and O–H groups in total. The normalized spacial score (nSPS) is 11.2. The molecule has 0 fully saturated rings. The second-order valence-corrected chi connectivity index (χ2v) is 9.43. The lowest BCUT2D eigenvalue weighted by molar-refractivity contribution is 0.0954. The predicted octanol–water partition coefficient (Wildman–Crippen LogP) is 3.22. The third kappa shape index (κ3) is 6.06. The van der Waals surface area contributed by atoms with Crippen LogP contribution in [-0.2, 0) is 23.0 Å². The summed E-state index contributed by atoms with van der Waals surface area (Å²) >= 11 is 1.47. The van der Waals surface area contributed by atoms with E-state index >= 15 is 0 Å². The molecule has 1 heterocycles. The van der Waals surface area contributed by atoms with Crippen molar-refractivity contribution in [3.63, 3.8) is 0 Å². The van der Waals surface area contributed by atoms with Gasteiger partial charge in [-0.3, -0.25) is 4.79 Å². The van der Waals surface area contributed by atoms with E-state index in [1.807, 2.05) is 35.7 Å². The molecule has 164 valence electrons. The Morgan fingerprint density at radius 3 is 2.52 bits per heavy atom. The number of thiophene rings is 1. The average Bonchev–Trinajstić information content (AvgIpc) is 3.31. The molecule has 2 aromatic carbocycles. The van der Waals surface area contributed by atoms with Gasteiger partial charge >= 0.3 is 0 Å². The second kappa shape index (κ2) is 10.4. The average molecular weight is 461 g/mol. The first-order valence-corrected chi connectivity index (χ1v) is 11.9. The molecule has 0 saturated heterocycles. The van der Waals surface area contributed by atoms with E-state index in [9.17, 15) is 13.2 Å². The van der Waals surface area contributed by atoms with Gasteiger partial charge in [0, 0.05) is 23.5 Å². The minimum atomic E-state index is -3.72. The molecule has 3 rings (SSSR count). The van der Waals surface area contributed by atoms with Crippen molar-refractivity contribution in [1.82, 2.24) is 10.0 Å². The number of rotatable bonds is 10. The maximum Gasteiger partial charge on any atom is 0.251 e. The summed E-state index contributed by atoms with van der Waals surface area (Å²) < 4.78 is 38.2. The van der Waals surface area contributed by atoms with Crippen molar-refractivity contribution in [3.8, 4) is 11.5 Å². The number of nitrogens with one attached hydrogen (secondary N) is 2. The second-order valence-electron chi connectivity index (χ2n) is 6.63. The highest BCUT2D eigenvalue weighted by molar-refractivity contribution is 7.89. The topological polar surface area (TPSA) is 93.7 Å². The van der Waals surface area contributed by atoms with Gasteiger partial charge in [-0.1, -0.05) is 18.2 Å². The standard InChI is InChI=1S/C22H24N2O5S2/c1-28-20-9-8-16(13-21(20)29-2)10-11-23-22(25)17-5-3-7-19(14-17)31(26,27)24-15-18-6-4-12-30-18/h3-9,12-14,24H,10-11,15H2,1-2H3,(H,23,25). The molecule has 0 unspecified atom stereocenters. The van der Waals surface area contributed by atoms with Crippen LogP contribution in [-0.4, -0.2) is 35.1 Å². The van der Waals surface area contributed by atoms with E-state index in [0.29, 0.717) is 24.5 Å². The lowest BCUT2D eigenvalue weighted by atomic mass is 10.1. The molecule has 0 aliphatic carbocycles. The Balaban J connectivity index is 1.59. The van der Waals surface area contributed by atoms with Crippen LogP contribution in [0.3, 0.4) is 0 Å². The van der Waals surface area contributed by atoms with Crippen LogP contribution in [0.2, 0.25) is 0 Å². The van der Waals surface area contributed by atoms with E-state index in [1.54, 1.807) is 26.4 Å². The number of sulfonamides is 1. The number of hydrogen-bond acceptors (Lipinski definition) is 6. The molecule has 0 aliphatic heterocycles. The minimum Gasteiger partial charge on any atom is -0.493 e. The SMILES string of the molecule is COc1ccc(CCNC(=O)c2cccc(S(=O)(=O)NCc3cccs3)c2)cc1OC. The van der Waals surface area contributed by atoms with Gasteiger partial charge < -0.3 is 14.8 Å². The van der Waals surface area contributed by atoms with Crippen LogP contribution in [0.5, 0.6) is 11.5 Å². The van der Waals surface area contributed by atoms with Gasteiger partial charge in [-0.05, 0) is 53.8 Å². The van der Waals surface area contributed by atoms with Crippen LogP contribution in [0.25, 0.3) is 0 Å². The van der Waals surface area contributed by atoms with Crippen molar-refractivity contribution in [2.24, 2.45) is 0 Å².